The Hall–Kier alpha value is -3.21. The highest BCUT2D eigenvalue weighted by molar-refractivity contribution is 7.89. The SMILES string of the molecule is O=C(N[C@H]([B]O)CC1CC1)[C@H](Cc1ccccc1)NS(=O)(=O)c1ccc(Oc2ccncc2)cc1. The summed E-state index contributed by atoms with van der Waals surface area (Å²) in [6.45, 7) is 0. The topological polar surface area (TPSA) is 118 Å². The molecular formula is C25H27BN3O5S. The lowest BCUT2D eigenvalue weighted by Gasteiger charge is -2.22. The van der Waals surface area contributed by atoms with Crippen LogP contribution in [0.5, 0.6) is 11.5 Å². The van der Waals surface area contributed by atoms with Crippen LogP contribution in [-0.2, 0) is 21.2 Å². The van der Waals surface area contributed by atoms with Gasteiger partial charge in [0.1, 0.15) is 17.5 Å². The minimum absolute atomic E-state index is 0.00805. The molecule has 2 aromatic carbocycles. The maximum absolute atomic E-state index is 13.2. The van der Waals surface area contributed by atoms with E-state index in [4.69, 9.17) is 4.74 Å². The summed E-state index contributed by atoms with van der Waals surface area (Å²) in [6.07, 6.45) is 6.13. The third-order valence-electron chi connectivity index (χ3n) is 5.71. The smallest absolute Gasteiger partial charge is 0.311 e. The first-order valence-corrected chi connectivity index (χ1v) is 12.9. The van der Waals surface area contributed by atoms with E-state index >= 15 is 0 Å². The van der Waals surface area contributed by atoms with Gasteiger partial charge < -0.3 is 15.1 Å². The maximum Gasteiger partial charge on any atom is 0.311 e. The van der Waals surface area contributed by atoms with E-state index in [0.29, 0.717) is 23.8 Å². The molecule has 1 amide bonds. The van der Waals surface area contributed by atoms with Crippen LogP contribution in [0.25, 0.3) is 0 Å². The average molecular weight is 492 g/mol. The van der Waals surface area contributed by atoms with Crippen molar-refractivity contribution in [2.24, 2.45) is 5.92 Å². The summed E-state index contributed by atoms with van der Waals surface area (Å²) in [5.41, 5.74) is 0.808. The molecule has 0 spiro atoms. The third-order valence-corrected chi connectivity index (χ3v) is 7.20. The Bertz CT molecular complexity index is 1210. The second kappa shape index (κ2) is 11.5. The third kappa shape index (κ3) is 7.39. The van der Waals surface area contributed by atoms with Gasteiger partial charge in [-0.25, -0.2) is 8.42 Å². The second-order valence-corrected chi connectivity index (χ2v) is 10.3. The fourth-order valence-corrected chi connectivity index (χ4v) is 4.87. The summed E-state index contributed by atoms with van der Waals surface area (Å²) in [5, 5.41) is 12.3. The number of sulfonamides is 1. The summed E-state index contributed by atoms with van der Waals surface area (Å²) in [5.74, 6) is 0.499. The normalized spacial score (nSPS) is 15.1. The van der Waals surface area contributed by atoms with Crippen molar-refractivity contribution in [1.29, 1.82) is 0 Å². The predicted molar refractivity (Wildman–Crippen MR) is 132 cm³/mol. The largest absolute Gasteiger partial charge is 0.457 e. The number of nitrogens with zero attached hydrogens (tertiary/aromatic N) is 1. The summed E-state index contributed by atoms with van der Waals surface area (Å²) in [6, 6.07) is 17.5. The van der Waals surface area contributed by atoms with Gasteiger partial charge in [-0.05, 0) is 60.7 Å². The fourth-order valence-electron chi connectivity index (χ4n) is 3.68. The fraction of sp³-hybridized carbons (Fsp3) is 0.280. The molecule has 3 aromatic rings. The molecule has 35 heavy (non-hydrogen) atoms. The molecule has 1 aromatic heterocycles. The first-order chi connectivity index (χ1) is 16.9. The number of benzene rings is 2. The van der Waals surface area contributed by atoms with Gasteiger partial charge in [-0.1, -0.05) is 43.2 Å². The number of hydrogen-bond donors (Lipinski definition) is 3. The molecule has 10 heteroatoms. The van der Waals surface area contributed by atoms with Crippen LogP contribution in [0, 0.1) is 5.92 Å². The van der Waals surface area contributed by atoms with Gasteiger partial charge in [0, 0.05) is 18.3 Å². The van der Waals surface area contributed by atoms with Crippen LogP contribution in [-0.4, -0.2) is 43.8 Å². The van der Waals surface area contributed by atoms with Crippen molar-refractivity contribution in [3.8, 4) is 11.5 Å². The summed E-state index contributed by atoms with van der Waals surface area (Å²) in [4.78, 5) is 17.0. The van der Waals surface area contributed by atoms with Crippen molar-refractivity contribution >= 4 is 23.4 Å². The van der Waals surface area contributed by atoms with Gasteiger partial charge in [0.15, 0.2) is 0 Å². The average Bonchev–Trinajstić information content (AvgIpc) is 3.69. The molecule has 0 unspecified atom stereocenters. The minimum Gasteiger partial charge on any atom is -0.457 e. The summed E-state index contributed by atoms with van der Waals surface area (Å²) in [7, 11) is -3.05. The molecule has 4 rings (SSSR count). The van der Waals surface area contributed by atoms with Crippen molar-refractivity contribution in [1.82, 2.24) is 15.0 Å². The first-order valence-electron chi connectivity index (χ1n) is 11.4. The molecule has 1 fully saturated rings. The van der Waals surface area contributed by atoms with Crippen LogP contribution in [0.1, 0.15) is 24.8 Å². The lowest BCUT2D eigenvalue weighted by Crippen LogP contribution is -2.52. The molecule has 2 atom stereocenters. The molecule has 0 saturated heterocycles. The molecule has 0 bridgehead atoms. The zero-order valence-corrected chi connectivity index (χ0v) is 19.9. The summed E-state index contributed by atoms with van der Waals surface area (Å²) >= 11 is 0. The number of ether oxygens (including phenoxy) is 1. The van der Waals surface area contributed by atoms with E-state index in [2.05, 4.69) is 15.0 Å². The molecule has 3 N–H and O–H groups in total. The molecule has 1 heterocycles. The van der Waals surface area contributed by atoms with Crippen LogP contribution in [0.3, 0.4) is 0 Å². The van der Waals surface area contributed by atoms with Crippen LogP contribution in [0.4, 0.5) is 0 Å². The van der Waals surface area contributed by atoms with Crippen molar-refractivity contribution < 1.29 is 23.0 Å². The standard InChI is InChI=1S/C25H27BN3O5S/c30-25(28-24(26-31)17-19-6-7-19)23(16-18-4-2-1-3-5-18)29-35(32,33)22-10-8-20(9-11-22)34-21-12-14-27-15-13-21/h1-5,8-15,19,23-24,29,31H,6-7,16-17H2,(H,28,30)/t23-,24-/m0/s1. The van der Waals surface area contributed by atoms with E-state index in [0.717, 1.165) is 25.9 Å². The van der Waals surface area contributed by atoms with Crippen molar-refractivity contribution in [3.05, 3.63) is 84.7 Å². The monoisotopic (exact) mass is 492 g/mol. The molecule has 0 aliphatic heterocycles. The van der Waals surface area contributed by atoms with E-state index in [9.17, 15) is 18.2 Å². The Morgan fingerprint density at radius 1 is 1.03 bits per heavy atom. The van der Waals surface area contributed by atoms with Gasteiger partial charge in [0.25, 0.3) is 0 Å². The van der Waals surface area contributed by atoms with E-state index in [1.54, 1.807) is 36.7 Å². The highest BCUT2D eigenvalue weighted by Gasteiger charge is 2.31. The highest BCUT2D eigenvalue weighted by atomic mass is 32.2. The van der Waals surface area contributed by atoms with Crippen LogP contribution < -0.4 is 14.8 Å². The molecule has 1 aliphatic carbocycles. The molecule has 1 radical (unpaired) electrons. The Morgan fingerprint density at radius 2 is 1.69 bits per heavy atom. The number of aromatic nitrogens is 1. The van der Waals surface area contributed by atoms with Crippen molar-refractivity contribution in [3.63, 3.8) is 0 Å². The van der Waals surface area contributed by atoms with Gasteiger partial charge in [-0.15, -0.1) is 0 Å². The Balaban J connectivity index is 1.48. The predicted octanol–water partition coefficient (Wildman–Crippen LogP) is 2.62. The zero-order valence-electron chi connectivity index (χ0n) is 19.1. The molecule has 1 saturated carbocycles. The van der Waals surface area contributed by atoms with Gasteiger partial charge in [0.05, 0.1) is 4.90 Å². The highest BCUT2D eigenvalue weighted by Crippen LogP contribution is 2.33. The van der Waals surface area contributed by atoms with Crippen LogP contribution in [0.2, 0.25) is 0 Å². The number of amides is 1. The number of hydrogen-bond acceptors (Lipinski definition) is 6. The first kappa shape index (κ1) is 24.9. The van der Waals surface area contributed by atoms with Crippen molar-refractivity contribution in [2.45, 2.75) is 42.6 Å². The van der Waals surface area contributed by atoms with Crippen LogP contribution in [0.15, 0.2) is 84.0 Å². The molecule has 181 valence electrons. The van der Waals surface area contributed by atoms with Gasteiger partial charge in [-0.3, -0.25) is 9.78 Å². The van der Waals surface area contributed by atoms with Crippen molar-refractivity contribution in [2.75, 3.05) is 0 Å². The number of rotatable bonds is 12. The Kier molecular flexibility index (Phi) is 8.17. The number of nitrogens with one attached hydrogen (secondary N) is 2. The van der Waals surface area contributed by atoms with E-state index < -0.39 is 27.9 Å². The lowest BCUT2D eigenvalue weighted by atomic mass is 9.84. The summed E-state index contributed by atoms with van der Waals surface area (Å²) < 4.78 is 34.5. The lowest BCUT2D eigenvalue weighted by molar-refractivity contribution is -0.123. The molecule has 8 nitrogen and oxygen atoms in total. The van der Waals surface area contributed by atoms with E-state index in [1.165, 1.54) is 12.1 Å². The van der Waals surface area contributed by atoms with Gasteiger partial charge >= 0.3 is 7.48 Å². The van der Waals surface area contributed by atoms with E-state index in [-0.39, 0.29) is 11.3 Å². The zero-order chi connectivity index (χ0) is 24.7. The number of carbonyl (C=O) groups excluding carboxylic acids is 1. The maximum atomic E-state index is 13.2. The molecular weight excluding hydrogens is 465 g/mol. The Labute approximate surface area is 206 Å². The Morgan fingerprint density at radius 3 is 2.31 bits per heavy atom. The minimum atomic E-state index is -4.02. The number of pyridine rings is 1. The van der Waals surface area contributed by atoms with Gasteiger partial charge in [0.2, 0.25) is 15.9 Å². The molecule has 1 aliphatic rings. The quantitative estimate of drug-likeness (QED) is 0.335. The van der Waals surface area contributed by atoms with Crippen LogP contribution >= 0.6 is 0 Å². The van der Waals surface area contributed by atoms with E-state index in [1.807, 2.05) is 30.3 Å². The van der Waals surface area contributed by atoms with Gasteiger partial charge in [-0.2, -0.15) is 4.72 Å². The second-order valence-electron chi connectivity index (χ2n) is 8.56. The number of carbonyl (C=O) groups is 1.